The molecule has 0 bridgehead atoms. The Hall–Kier alpha value is -1.30. The Balaban J connectivity index is 4.29. The van der Waals surface area contributed by atoms with E-state index in [1.165, 1.54) is 0 Å². The minimum atomic E-state index is -0.843. The molecule has 0 aromatic heterocycles. The van der Waals surface area contributed by atoms with Crippen LogP contribution in [0.25, 0.3) is 0 Å². The molecule has 0 fully saturated rings. The van der Waals surface area contributed by atoms with Crippen LogP contribution in [0.4, 0.5) is 4.79 Å². The van der Waals surface area contributed by atoms with Gasteiger partial charge in [0, 0.05) is 0 Å². The number of hydrogen-bond donors (Lipinski definition) is 2. The number of rotatable bonds is 4. The lowest BCUT2D eigenvalue weighted by molar-refractivity contribution is -0.155. The maximum atomic E-state index is 11.5. The van der Waals surface area contributed by atoms with Gasteiger partial charge in [-0.2, -0.15) is 0 Å². The highest BCUT2D eigenvalue weighted by molar-refractivity contribution is 5.73. The maximum Gasteiger partial charge on any atom is 0.407 e. The molecule has 0 aromatic carbocycles. The van der Waals surface area contributed by atoms with Crippen LogP contribution in [0, 0.1) is 6.61 Å². The first-order chi connectivity index (χ1) is 8.43. The number of aliphatic hydroxyl groups is 1. The third-order valence-electron chi connectivity index (χ3n) is 1.69. The second kappa shape index (κ2) is 6.75. The van der Waals surface area contributed by atoms with Gasteiger partial charge in [-0.25, -0.2) is 4.79 Å². The molecule has 0 unspecified atom stereocenters. The van der Waals surface area contributed by atoms with Crippen molar-refractivity contribution in [3.63, 3.8) is 0 Å². The summed E-state index contributed by atoms with van der Waals surface area (Å²) in [5.74, 6) is -0.515. The summed E-state index contributed by atoms with van der Waals surface area (Å²) in [5.41, 5.74) is -1.25. The zero-order valence-electron chi connectivity index (χ0n) is 12.4. The summed E-state index contributed by atoms with van der Waals surface area (Å²) in [6.45, 7) is 11.1. The second-order valence-corrected chi connectivity index (χ2v) is 6.19. The number of alkyl carbamates (subject to hydrolysis) is 1. The molecule has 0 saturated heterocycles. The van der Waals surface area contributed by atoms with Gasteiger partial charge in [0.25, 0.3) is 0 Å². The van der Waals surface area contributed by atoms with Gasteiger partial charge in [0.15, 0.2) is 0 Å². The zero-order valence-corrected chi connectivity index (χ0v) is 12.4. The van der Waals surface area contributed by atoms with Gasteiger partial charge < -0.3 is 19.9 Å². The van der Waals surface area contributed by atoms with Crippen LogP contribution in [0.3, 0.4) is 0 Å². The molecule has 0 aliphatic carbocycles. The van der Waals surface area contributed by atoms with Crippen molar-refractivity contribution in [2.24, 2.45) is 0 Å². The fourth-order valence-corrected chi connectivity index (χ4v) is 1.16. The van der Waals surface area contributed by atoms with Crippen LogP contribution in [-0.4, -0.2) is 34.4 Å². The van der Waals surface area contributed by atoms with Crippen LogP contribution in [0.5, 0.6) is 0 Å². The molecule has 0 spiro atoms. The molecule has 0 aromatic rings. The van der Waals surface area contributed by atoms with Crippen molar-refractivity contribution in [1.82, 2.24) is 5.32 Å². The number of nitrogens with one attached hydrogen (secondary N) is 1. The van der Waals surface area contributed by atoms with Crippen LogP contribution in [-0.2, 0) is 14.3 Å². The van der Waals surface area contributed by atoms with Crippen molar-refractivity contribution in [2.75, 3.05) is 0 Å². The van der Waals surface area contributed by atoms with E-state index in [0.29, 0.717) is 0 Å². The maximum absolute atomic E-state index is 11.5. The van der Waals surface area contributed by atoms with Crippen molar-refractivity contribution in [2.45, 2.75) is 65.2 Å². The largest absolute Gasteiger partial charge is 0.460 e. The summed E-state index contributed by atoms with van der Waals surface area (Å²) >= 11 is 0. The number of amides is 1. The van der Waals surface area contributed by atoms with Crippen LogP contribution in [0.15, 0.2) is 0 Å². The van der Waals surface area contributed by atoms with Gasteiger partial charge in [-0.3, -0.25) is 4.79 Å². The summed E-state index contributed by atoms with van der Waals surface area (Å²) < 4.78 is 10.1. The highest BCUT2D eigenvalue weighted by atomic mass is 16.6. The average molecular weight is 274 g/mol. The molecule has 0 aliphatic rings. The molecular formula is C13H24NO5. The second-order valence-electron chi connectivity index (χ2n) is 6.19. The molecule has 6 nitrogen and oxygen atoms in total. The highest BCUT2D eigenvalue weighted by Gasteiger charge is 2.23. The quantitative estimate of drug-likeness (QED) is 0.767. The van der Waals surface area contributed by atoms with Crippen LogP contribution >= 0.6 is 0 Å². The SMILES string of the molecule is CC(C)(C)OC(=O)C[C@@H]([CH]O)NC(=O)OC(C)(C)C. The van der Waals surface area contributed by atoms with Crippen molar-refractivity contribution in [3.05, 3.63) is 6.61 Å². The summed E-state index contributed by atoms with van der Waals surface area (Å²) in [6, 6.07) is -0.843. The summed E-state index contributed by atoms with van der Waals surface area (Å²) in [4.78, 5) is 23.0. The molecule has 1 radical (unpaired) electrons. The first-order valence-electron chi connectivity index (χ1n) is 6.12. The summed E-state index contributed by atoms with van der Waals surface area (Å²) in [7, 11) is 0. The van der Waals surface area contributed by atoms with Gasteiger partial charge in [0.05, 0.1) is 12.5 Å². The number of hydrogen-bond acceptors (Lipinski definition) is 5. The van der Waals surface area contributed by atoms with E-state index in [4.69, 9.17) is 14.6 Å². The zero-order chi connectivity index (χ0) is 15.3. The number of ether oxygens (including phenoxy) is 2. The summed E-state index contributed by atoms with van der Waals surface area (Å²) in [6.07, 6.45) is -0.862. The van der Waals surface area contributed by atoms with Crippen molar-refractivity contribution >= 4 is 12.1 Å². The Morgan fingerprint density at radius 2 is 1.58 bits per heavy atom. The van der Waals surface area contributed by atoms with E-state index in [-0.39, 0.29) is 6.42 Å². The van der Waals surface area contributed by atoms with Gasteiger partial charge in [-0.1, -0.05) is 0 Å². The minimum absolute atomic E-state index is 0.160. The molecule has 6 heteroatoms. The van der Waals surface area contributed by atoms with Gasteiger partial charge in [-0.05, 0) is 41.5 Å². The van der Waals surface area contributed by atoms with Crippen molar-refractivity contribution < 1.29 is 24.2 Å². The molecule has 0 rings (SSSR count). The van der Waals surface area contributed by atoms with Crippen molar-refractivity contribution in [1.29, 1.82) is 0 Å². The van der Waals surface area contributed by atoms with Crippen molar-refractivity contribution in [3.8, 4) is 0 Å². The Bertz CT molecular complexity index is 284. The number of carbonyl (C=O) groups is 2. The third-order valence-corrected chi connectivity index (χ3v) is 1.69. The lowest BCUT2D eigenvalue weighted by Gasteiger charge is -2.24. The van der Waals surface area contributed by atoms with E-state index in [0.717, 1.165) is 6.61 Å². The molecule has 1 amide bonds. The van der Waals surface area contributed by atoms with E-state index >= 15 is 0 Å². The van der Waals surface area contributed by atoms with E-state index in [1.807, 2.05) is 0 Å². The topological polar surface area (TPSA) is 84.9 Å². The fourth-order valence-electron chi connectivity index (χ4n) is 1.16. The lowest BCUT2D eigenvalue weighted by Crippen LogP contribution is -2.41. The van der Waals surface area contributed by atoms with Crippen LogP contribution in [0.2, 0.25) is 0 Å². The van der Waals surface area contributed by atoms with Gasteiger partial charge in [0.1, 0.15) is 17.8 Å². The molecule has 0 saturated carbocycles. The van der Waals surface area contributed by atoms with E-state index < -0.39 is 29.3 Å². The minimum Gasteiger partial charge on any atom is -0.460 e. The molecule has 1 atom stereocenters. The van der Waals surface area contributed by atoms with E-state index in [9.17, 15) is 9.59 Å². The predicted molar refractivity (Wildman–Crippen MR) is 69.9 cm³/mol. The molecular weight excluding hydrogens is 250 g/mol. The number of aliphatic hydroxyl groups excluding tert-OH is 1. The fraction of sp³-hybridized carbons (Fsp3) is 0.769. The monoisotopic (exact) mass is 274 g/mol. The van der Waals surface area contributed by atoms with Gasteiger partial charge in [0.2, 0.25) is 0 Å². The molecule has 0 heterocycles. The smallest absolute Gasteiger partial charge is 0.407 e. The van der Waals surface area contributed by atoms with Crippen LogP contribution in [0.1, 0.15) is 48.0 Å². The highest BCUT2D eigenvalue weighted by Crippen LogP contribution is 2.11. The summed E-state index contributed by atoms with van der Waals surface area (Å²) in [5, 5.41) is 11.4. The molecule has 0 aliphatic heterocycles. The Kier molecular flexibility index (Phi) is 6.29. The number of esters is 1. The van der Waals surface area contributed by atoms with Gasteiger partial charge >= 0.3 is 12.1 Å². The number of carbonyl (C=O) groups excluding carboxylic acids is 2. The predicted octanol–water partition coefficient (Wildman–Crippen LogP) is 2.15. The first-order valence-corrected chi connectivity index (χ1v) is 6.12. The Morgan fingerprint density at radius 1 is 1.11 bits per heavy atom. The van der Waals surface area contributed by atoms with Crippen LogP contribution < -0.4 is 5.32 Å². The molecule has 111 valence electrons. The normalized spacial score (nSPS) is 13.6. The Labute approximate surface area is 114 Å². The lowest BCUT2D eigenvalue weighted by atomic mass is 10.1. The molecule has 19 heavy (non-hydrogen) atoms. The first kappa shape index (κ1) is 17.7. The molecule has 2 N–H and O–H groups in total. The van der Waals surface area contributed by atoms with Gasteiger partial charge in [-0.15, -0.1) is 0 Å². The van der Waals surface area contributed by atoms with E-state index in [1.54, 1.807) is 41.5 Å². The Morgan fingerprint density at radius 3 is 1.95 bits per heavy atom. The average Bonchev–Trinajstić information content (AvgIpc) is 2.10. The standard InChI is InChI=1S/C13H24NO5/c1-12(2,3)18-10(16)7-9(8-15)14-11(17)19-13(4,5)6/h8-9,15H,7H2,1-6H3,(H,14,17)/t9-/m0/s1. The van der Waals surface area contributed by atoms with E-state index in [2.05, 4.69) is 5.32 Å². The third kappa shape index (κ3) is 10.3.